The number of likely N-dealkylation sites (tertiary alicyclic amines) is 1. The Labute approximate surface area is 197 Å². The molecule has 2 aliphatic rings. The topological polar surface area (TPSA) is 96.9 Å². The SMILES string of the molecule is CC(=O)OC1(c2cccc(-c3nc(N4C(=O)c5ccccc5C4=O)sc3F)c2)CCN(C)C1=O. The molecule has 3 amide bonds. The second kappa shape index (κ2) is 7.84. The molecule has 1 aromatic heterocycles. The van der Waals surface area contributed by atoms with E-state index < -0.39 is 28.5 Å². The Balaban J connectivity index is 1.54. The van der Waals surface area contributed by atoms with Crippen LogP contribution in [0.15, 0.2) is 48.5 Å². The number of hydrogen-bond donors (Lipinski definition) is 0. The third-order valence-electron chi connectivity index (χ3n) is 5.97. The van der Waals surface area contributed by atoms with E-state index in [1.165, 1.54) is 24.0 Å². The van der Waals surface area contributed by atoms with Gasteiger partial charge >= 0.3 is 5.97 Å². The van der Waals surface area contributed by atoms with Gasteiger partial charge in [-0.1, -0.05) is 41.7 Å². The van der Waals surface area contributed by atoms with Crippen LogP contribution >= 0.6 is 11.3 Å². The van der Waals surface area contributed by atoms with E-state index in [1.54, 1.807) is 43.4 Å². The first kappa shape index (κ1) is 21.9. The lowest BCUT2D eigenvalue weighted by Crippen LogP contribution is -2.40. The number of carbonyl (C=O) groups is 4. The third-order valence-corrected chi connectivity index (χ3v) is 6.80. The van der Waals surface area contributed by atoms with Crippen LogP contribution in [-0.2, 0) is 19.9 Å². The second-order valence-electron chi connectivity index (χ2n) is 8.09. The van der Waals surface area contributed by atoms with Gasteiger partial charge in [0, 0.05) is 38.1 Å². The van der Waals surface area contributed by atoms with Gasteiger partial charge in [0.1, 0.15) is 5.69 Å². The van der Waals surface area contributed by atoms with E-state index in [0.717, 1.165) is 4.90 Å². The van der Waals surface area contributed by atoms with Gasteiger partial charge < -0.3 is 9.64 Å². The highest BCUT2D eigenvalue weighted by atomic mass is 32.1. The van der Waals surface area contributed by atoms with Crippen LogP contribution in [0.5, 0.6) is 0 Å². The normalized spacial score (nSPS) is 19.7. The lowest BCUT2D eigenvalue weighted by atomic mass is 9.90. The Bertz CT molecular complexity index is 1350. The smallest absolute Gasteiger partial charge is 0.304 e. The van der Waals surface area contributed by atoms with E-state index in [0.29, 0.717) is 29.0 Å². The first-order valence-electron chi connectivity index (χ1n) is 10.4. The van der Waals surface area contributed by atoms with Crippen molar-refractivity contribution in [2.75, 3.05) is 18.5 Å². The number of nitrogens with zero attached hydrogens (tertiary/aromatic N) is 3. The fourth-order valence-corrected chi connectivity index (χ4v) is 5.17. The van der Waals surface area contributed by atoms with Crippen LogP contribution in [0.1, 0.15) is 39.6 Å². The lowest BCUT2D eigenvalue weighted by molar-refractivity contribution is -0.167. The molecule has 1 fully saturated rings. The highest BCUT2D eigenvalue weighted by molar-refractivity contribution is 7.15. The van der Waals surface area contributed by atoms with Gasteiger partial charge in [-0.05, 0) is 18.2 Å². The zero-order chi connectivity index (χ0) is 24.2. The highest BCUT2D eigenvalue weighted by Crippen LogP contribution is 2.40. The maximum Gasteiger partial charge on any atom is 0.304 e. The van der Waals surface area contributed by atoms with Crippen molar-refractivity contribution >= 4 is 40.2 Å². The van der Waals surface area contributed by atoms with Crippen molar-refractivity contribution in [1.82, 2.24) is 9.88 Å². The number of benzene rings is 2. The molecule has 3 heterocycles. The summed E-state index contributed by atoms with van der Waals surface area (Å²) in [6, 6.07) is 12.8. The predicted octanol–water partition coefficient (Wildman–Crippen LogP) is 3.37. The zero-order valence-electron chi connectivity index (χ0n) is 18.2. The van der Waals surface area contributed by atoms with Crippen LogP contribution in [-0.4, -0.2) is 47.2 Å². The van der Waals surface area contributed by atoms with Crippen molar-refractivity contribution in [3.63, 3.8) is 0 Å². The summed E-state index contributed by atoms with van der Waals surface area (Å²) < 4.78 is 20.5. The second-order valence-corrected chi connectivity index (χ2v) is 9.02. The summed E-state index contributed by atoms with van der Waals surface area (Å²) in [7, 11) is 1.62. The van der Waals surface area contributed by atoms with Crippen LogP contribution in [0.2, 0.25) is 0 Å². The van der Waals surface area contributed by atoms with Crippen molar-refractivity contribution in [2.24, 2.45) is 0 Å². The number of thiazole rings is 1. The number of halogens is 1. The number of ether oxygens (including phenoxy) is 1. The number of fused-ring (bicyclic) bond motifs is 1. The van der Waals surface area contributed by atoms with Crippen LogP contribution in [0.25, 0.3) is 11.3 Å². The molecule has 0 aliphatic carbocycles. The molecule has 5 rings (SSSR count). The summed E-state index contributed by atoms with van der Waals surface area (Å²) in [5.41, 5.74) is -0.394. The predicted molar refractivity (Wildman–Crippen MR) is 121 cm³/mol. The lowest BCUT2D eigenvalue weighted by Gasteiger charge is -2.27. The Hall–Kier alpha value is -3.92. The Morgan fingerprint density at radius 3 is 2.35 bits per heavy atom. The fraction of sp³-hybridized carbons (Fsp3) is 0.208. The van der Waals surface area contributed by atoms with Crippen molar-refractivity contribution in [3.8, 4) is 11.3 Å². The molecule has 0 spiro atoms. The standard InChI is InChI=1S/C24H18FN3O5S/c1-13(29)33-24(10-11-27(2)22(24)32)15-7-5-6-14(12-15)18-19(25)34-23(26-18)28-20(30)16-8-3-4-9-17(16)21(28)31/h3-9,12H,10-11H2,1-2H3. The molecule has 0 radical (unpaired) electrons. The summed E-state index contributed by atoms with van der Waals surface area (Å²) in [6.45, 7) is 1.62. The molecule has 1 saturated heterocycles. The summed E-state index contributed by atoms with van der Waals surface area (Å²) in [5, 5.41) is -0.782. The van der Waals surface area contributed by atoms with Gasteiger partial charge in [0.25, 0.3) is 17.7 Å². The minimum atomic E-state index is -1.51. The molecule has 1 unspecified atom stereocenters. The summed E-state index contributed by atoms with van der Waals surface area (Å²) >= 11 is 0.579. The van der Waals surface area contributed by atoms with Gasteiger partial charge in [0.05, 0.1) is 11.1 Å². The maximum absolute atomic E-state index is 15.0. The highest BCUT2D eigenvalue weighted by Gasteiger charge is 2.50. The molecule has 34 heavy (non-hydrogen) atoms. The number of carbonyl (C=O) groups excluding carboxylic acids is 4. The molecular weight excluding hydrogens is 461 g/mol. The molecule has 2 aromatic carbocycles. The number of imide groups is 1. The van der Waals surface area contributed by atoms with Crippen molar-refractivity contribution in [3.05, 3.63) is 70.4 Å². The first-order valence-corrected chi connectivity index (χ1v) is 11.2. The number of amides is 3. The van der Waals surface area contributed by atoms with Gasteiger partial charge in [0.2, 0.25) is 15.9 Å². The number of esters is 1. The molecule has 8 nitrogen and oxygen atoms in total. The molecule has 10 heteroatoms. The van der Waals surface area contributed by atoms with Gasteiger partial charge in [-0.2, -0.15) is 4.39 Å². The number of hydrogen-bond acceptors (Lipinski definition) is 7. The van der Waals surface area contributed by atoms with E-state index >= 15 is 4.39 Å². The fourth-order valence-electron chi connectivity index (χ4n) is 4.35. The van der Waals surface area contributed by atoms with Gasteiger partial charge in [-0.15, -0.1) is 0 Å². The Morgan fingerprint density at radius 1 is 1.09 bits per heavy atom. The van der Waals surface area contributed by atoms with Crippen molar-refractivity contribution < 1.29 is 28.3 Å². The van der Waals surface area contributed by atoms with Gasteiger partial charge in [0.15, 0.2) is 0 Å². The van der Waals surface area contributed by atoms with Crippen molar-refractivity contribution in [2.45, 2.75) is 18.9 Å². The van der Waals surface area contributed by atoms with E-state index in [-0.39, 0.29) is 34.3 Å². The van der Waals surface area contributed by atoms with E-state index in [9.17, 15) is 19.2 Å². The quantitative estimate of drug-likeness (QED) is 0.421. The van der Waals surface area contributed by atoms with E-state index in [4.69, 9.17) is 4.74 Å². The number of anilines is 1. The number of aromatic nitrogens is 1. The third kappa shape index (κ3) is 3.21. The minimum Gasteiger partial charge on any atom is -0.444 e. The molecule has 3 aromatic rings. The Kier molecular flexibility index (Phi) is 5.05. The molecule has 0 saturated carbocycles. The largest absolute Gasteiger partial charge is 0.444 e. The van der Waals surface area contributed by atoms with Gasteiger partial charge in [-0.3, -0.25) is 19.2 Å². The summed E-state index contributed by atoms with van der Waals surface area (Å²) in [5.74, 6) is -2.11. The average molecular weight is 479 g/mol. The summed E-state index contributed by atoms with van der Waals surface area (Å²) in [6.07, 6.45) is 0.255. The van der Waals surface area contributed by atoms with Gasteiger partial charge in [-0.25, -0.2) is 9.88 Å². The average Bonchev–Trinajstić information content (AvgIpc) is 3.42. The molecule has 0 bridgehead atoms. The van der Waals surface area contributed by atoms with Crippen LogP contribution in [0.4, 0.5) is 9.52 Å². The summed E-state index contributed by atoms with van der Waals surface area (Å²) in [4.78, 5) is 56.8. The molecule has 1 atom stereocenters. The molecule has 2 aliphatic heterocycles. The van der Waals surface area contributed by atoms with E-state index in [1.807, 2.05) is 0 Å². The minimum absolute atomic E-state index is 0.0739. The van der Waals surface area contributed by atoms with Crippen LogP contribution < -0.4 is 4.90 Å². The number of likely N-dealkylation sites (N-methyl/N-ethyl adjacent to an activating group) is 1. The molecule has 172 valence electrons. The zero-order valence-corrected chi connectivity index (χ0v) is 19.0. The van der Waals surface area contributed by atoms with Crippen molar-refractivity contribution in [1.29, 1.82) is 0 Å². The van der Waals surface area contributed by atoms with Crippen LogP contribution in [0, 0.1) is 5.13 Å². The first-order chi connectivity index (χ1) is 16.2. The Morgan fingerprint density at radius 2 is 1.76 bits per heavy atom. The number of rotatable bonds is 4. The van der Waals surface area contributed by atoms with Crippen LogP contribution in [0.3, 0.4) is 0 Å². The molecular formula is C24H18FN3O5S. The molecule has 0 N–H and O–H groups in total. The monoisotopic (exact) mass is 479 g/mol. The maximum atomic E-state index is 15.0. The van der Waals surface area contributed by atoms with E-state index in [2.05, 4.69) is 4.98 Å².